The molecular weight excluding hydrogens is 742 g/mol. The summed E-state index contributed by atoms with van der Waals surface area (Å²) >= 11 is 6.52. The Morgan fingerprint density at radius 3 is 2.27 bits per heavy atom. The molecule has 0 aromatic rings. The molecule has 13 heteroatoms. The molecule has 0 radical (unpaired) electrons. The Balaban J connectivity index is 1.76. The van der Waals surface area contributed by atoms with Crippen LogP contribution in [0.5, 0.6) is 0 Å². The first-order valence-electron chi connectivity index (χ1n) is 20.7. The van der Waals surface area contributed by atoms with Crippen LogP contribution < -0.4 is 0 Å². The number of nitrogens with zero attached hydrogens (tertiary/aromatic N) is 1. The van der Waals surface area contributed by atoms with E-state index in [1.54, 1.807) is 21.0 Å². The van der Waals surface area contributed by atoms with Crippen LogP contribution >= 0.6 is 11.6 Å². The van der Waals surface area contributed by atoms with Gasteiger partial charge in [-0.05, 0) is 95.5 Å². The number of rotatable bonds is 6. The van der Waals surface area contributed by atoms with Gasteiger partial charge in [0, 0.05) is 52.0 Å². The number of fused-ring (bicyclic) bond motifs is 3. The summed E-state index contributed by atoms with van der Waals surface area (Å²) in [5.74, 6) is -7.31. The summed E-state index contributed by atoms with van der Waals surface area (Å²) in [7, 11) is 4.71. The summed E-state index contributed by atoms with van der Waals surface area (Å²) in [5.41, 5.74) is 1.71. The van der Waals surface area contributed by atoms with Crippen LogP contribution in [0.1, 0.15) is 112 Å². The van der Waals surface area contributed by atoms with E-state index in [9.17, 15) is 29.4 Å². The van der Waals surface area contributed by atoms with E-state index in [2.05, 4.69) is 6.92 Å². The number of cyclic esters (lactones) is 1. The lowest BCUT2D eigenvalue weighted by Crippen LogP contribution is -2.64. The number of Topliss-reactive ketones (excluding diaryl/α,β-unsaturated/α-hetero) is 2. The molecule has 3 heterocycles. The highest BCUT2D eigenvalue weighted by Crippen LogP contribution is 2.39. The van der Waals surface area contributed by atoms with E-state index in [0.717, 1.165) is 18.4 Å². The molecule has 3 aliphatic heterocycles. The molecule has 0 aromatic heterocycles. The van der Waals surface area contributed by atoms with E-state index in [4.69, 9.17) is 35.3 Å². The first-order valence-corrected chi connectivity index (χ1v) is 21.2. The maximum atomic E-state index is 14.3. The summed E-state index contributed by atoms with van der Waals surface area (Å²) in [6.07, 6.45) is 5.16. The molecule has 12 nitrogen and oxygen atoms in total. The SMILES string of the molecule is CC[C@@H]1C=C(C)C[C@H](C)C[C@H](OC)[C@H]2O[C@@](O)(C(=O)C(=O)N3CCCC[C@H]3C(=O)O[C@H](C(C)=C[C@@H]3CC[C@H](Cl)[C@H](OC)C3)[C@@H](C)[C@@H](O)CC1=O)[C@H](C)C[C@@H]2OC. The van der Waals surface area contributed by atoms with Crippen molar-refractivity contribution < 1.29 is 53.1 Å². The minimum atomic E-state index is -2.49. The number of hydrogen-bond donors (Lipinski definition) is 2. The molecule has 2 bridgehead atoms. The number of carbonyl (C=O) groups excluding carboxylic acids is 4. The second kappa shape index (κ2) is 20.7. The number of esters is 1. The lowest BCUT2D eigenvalue weighted by atomic mass is 9.82. The molecule has 1 aliphatic carbocycles. The van der Waals surface area contributed by atoms with Crippen LogP contribution in [-0.2, 0) is 42.9 Å². The van der Waals surface area contributed by atoms with Gasteiger partial charge in [0.25, 0.3) is 11.7 Å². The molecular formula is C43H68ClNO11. The fourth-order valence-corrected chi connectivity index (χ4v) is 9.69. The number of piperidine rings is 1. The van der Waals surface area contributed by atoms with E-state index in [-0.39, 0.29) is 54.9 Å². The van der Waals surface area contributed by atoms with Gasteiger partial charge in [-0.2, -0.15) is 0 Å². The summed E-state index contributed by atoms with van der Waals surface area (Å²) in [6, 6.07) is -1.12. The molecule has 4 rings (SSSR count). The van der Waals surface area contributed by atoms with E-state index >= 15 is 0 Å². The van der Waals surface area contributed by atoms with Gasteiger partial charge in [-0.15, -0.1) is 11.6 Å². The monoisotopic (exact) mass is 809 g/mol. The van der Waals surface area contributed by atoms with Crippen molar-refractivity contribution in [2.24, 2.45) is 29.6 Å². The Hall–Kier alpha value is -2.19. The van der Waals surface area contributed by atoms with Gasteiger partial charge in [0.15, 0.2) is 0 Å². The molecule has 0 spiro atoms. The van der Waals surface area contributed by atoms with E-state index < -0.39 is 77.8 Å². The maximum absolute atomic E-state index is 14.3. The van der Waals surface area contributed by atoms with E-state index in [1.165, 1.54) is 19.1 Å². The van der Waals surface area contributed by atoms with Crippen molar-refractivity contribution in [3.8, 4) is 0 Å². The number of aliphatic hydroxyl groups is 2. The summed E-state index contributed by atoms with van der Waals surface area (Å²) < 4.78 is 29.9. The zero-order valence-electron chi connectivity index (χ0n) is 35.0. The van der Waals surface area contributed by atoms with Gasteiger partial charge in [-0.1, -0.05) is 45.4 Å². The van der Waals surface area contributed by atoms with Crippen molar-refractivity contribution in [1.82, 2.24) is 4.90 Å². The number of halogens is 1. The largest absolute Gasteiger partial charge is 0.456 e. The molecule has 1 amide bonds. The van der Waals surface area contributed by atoms with Crippen LogP contribution in [0.15, 0.2) is 23.3 Å². The topological polar surface area (TPSA) is 158 Å². The van der Waals surface area contributed by atoms with Gasteiger partial charge < -0.3 is 38.8 Å². The third-order valence-electron chi connectivity index (χ3n) is 12.8. The van der Waals surface area contributed by atoms with Crippen LogP contribution in [0.25, 0.3) is 0 Å². The fourth-order valence-electron chi connectivity index (χ4n) is 9.36. The number of ketones is 2. The smallest absolute Gasteiger partial charge is 0.329 e. The van der Waals surface area contributed by atoms with E-state index in [1.807, 2.05) is 32.9 Å². The fraction of sp³-hybridized carbons (Fsp3) is 0.814. The van der Waals surface area contributed by atoms with Crippen LogP contribution in [0.3, 0.4) is 0 Å². The Morgan fingerprint density at radius 2 is 1.62 bits per heavy atom. The Kier molecular flexibility index (Phi) is 17.2. The number of amides is 1. The molecule has 0 aromatic carbocycles. The molecule has 2 saturated heterocycles. The van der Waals surface area contributed by atoms with Crippen LogP contribution in [0, 0.1) is 29.6 Å². The zero-order chi connectivity index (χ0) is 41.5. The number of methoxy groups -OCH3 is 3. The van der Waals surface area contributed by atoms with Crippen molar-refractivity contribution in [2.75, 3.05) is 27.9 Å². The number of allylic oxidation sites excluding steroid dienone is 3. The average Bonchev–Trinajstić information content (AvgIpc) is 3.18. The predicted molar refractivity (Wildman–Crippen MR) is 212 cm³/mol. The number of aliphatic hydroxyl groups excluding tert-OH is 1. The number of carbonyl (C=O) groups is 4. The second-order valence-corrected chi connectivity index (χ2v) is 17.7. The first kappa shape index (κ1) is 46.5. The van der Waals surface area contributed by atoms with Gasteiger partial charge in [-0.3, -0.25) is 14.4 Å². The zero-order valence-corrected chi connectivity index (χ0v) is 35.8. The van der Waals surface area contributed by atoms with Crippen LogP contribution in [0.2, 0.25) is 0 Å². The standard InChI is InChI=1S/C43H68ClNO11/c1-10-30-18-24(2)17-25(3)19-36(53-8)39-37(54-9)21-27(5)43(51,56-39)40(48)41(49)45-16-12-11-13-32(45)42(50)55-38(28(6)33(46)23-34(30)47)26(4)20-29-14-15-31(44)35(22-29)52-7/h18,20,25,27-33,35-39,46,51H,10-17,19,21-23H2,1-9H3/t25-,27+,28-,29-,30+,31-,32-,33-,35+,36-,37-,38+,39+,43+/m0/s1. The number of ether oxygens (including phenoxy) is 5. The van der Waals surface area contributed by atoms with Crippen molar-refractivity contribution in [3.63, 3.8) is 0 Å². The van der Waals surface area contributed by atoms with Crippen molar-refractivity contribution in [3.05, 3.63) is 23.3 Å². The molecule has 2 N–H and O–H groups in total. The quantitative estimate of drug-likeness (QED) is 0.146. The highest BCUT2D eigenvalue weighted by molar-refractivity contribution is 6.39. The lowest BCUT2D eigenvalue weighted by molar-refractivity contribution is -0.302. The van der Waals surface area contributed by atoms with E-state index in [0.29, 0.717) is 44.1 Å². The Morgan fingerprint density at radius 1 is 0.964 bits per heavy atom. The lowest BCUT2D eigenvalue weighted by Gasteiger charge is -2.47. The molecule has 318 valence electrons. The number of hydrogen-bond acceptors (Lipinski definition) is 11. The van der Waals surface area contributed by atoms with Crippen LogP contribution in [-0.4, -0.2) is 120 Å². The third kappa shape index (κ3) is 10.9. The minimum absolute atomic E-state index is 0.0425. The van der Waals surface area contributed by atoms with Crippen molar-refractivity contribution in [2.45, 2.75) is 166 Å². The minimum Gasteiger partial charge on any atom is -0.456 e. The second-order valence-electron chi connectivity index (χ2n) is 17.1. The molecule has 0 unspecified atom stereocenters. The van der Waals surface area contributed by atoms with Gasteiger partial charge in [0.05, 0.1) is 29.8 Å². The highest BCUT2D eigenvalue weighted by atomic mass is 35.5. The Labute approximate surface area is 339 Å². The summed E-state index contributed by atoms with van der Waals surface area (Å²) in [4.78, 5) is 57.7. The molecule has 56 heavy (non-hydrogen) atoms. The van der Waals surface area contributed by atoms with Gasteiger partial charge in [-0.25, -0.2) is 4.79 Å². The van der Waals surface area contributed by atoms with Crippen molar-refractivity contribution >= 4 is 35.0 Å². The third-order valence-corrected chi connectivity index (χ3v) is 13.3. The highest BCUT2D eigenvalue weighted by Gasteiger charge is 2.56. The number of alkyl halides is 1. The Bertz CT molecular complexity index is 1440. The van der Waals surface area contributed by atoms with Gasteiger partial charge in [0.2, 0.25) is 5.79 Å². The average molecular weight is 810 g/mol. The first-order chi connectivity index (χ1) is 26.5. The van der Waals surface area contributed by atoms with Gasteiger partial charge >= 0.3 is 5.97 Å². The molecule has 14 atom stereocenters. The van der Waals surface area contributed by atoms with Gasteiger partial charge in [0.1, 0.15) is 24.0 Å². The molecule has 1 saturated carbocycles. The van der Waals surface area contributed by atoms with Crippen LogP contribution in [0.4, 0.5) is 0 Å². The summed E-state index contributed by atoms with van der Waals surface area (Å²) in [5, 5.41) is 23.6. The molecule has 4 aliphatic rings. The van der Waals surface area contributed by atoms with Crippen molar-refractivity contribution in [1.29, 1.82) is 0 Å². The normalized spacial score (nSPS) is 40.6. The maximum Gasteiger partial charge on any atom is 0.329 e. The molecule has 3 fully saturated rings. The summed E-state index contributed by atoms with van der Waals surface area (Å²) in [6.45, 7) is 11.3. The predicted octanol–water partition coefficient (Wildman–Crippen LogP) is 5.72.